The van der Waals surface area contributed by atoms with E-state index in [0.29, 0.717) is 23.7 Å². The molecule has 0 unspecified atom stereocenters. The third kappa shape index (κ3) is 7.29. The third-order valence-electron chi connectivity index (χ3n) is 6.98. The lowest BCUT2D eigenvalue weighted by molar-refractivity contribution is -0.122. The smallest absolute Gasteiger partial charge is 0.290 e. The van der Waals surface area contributed by atoms with Crippen LogP contribution in [0.3, 0.4) is 0 Å². The van der Waals surface area contributed by atoms with E-state index in [9.17, 15) is 8.42 Å². The summed E-state index contributed by atoms with van der Waals surface area (Å²) in [5, 5.41) is 11.5. The molecule has 1 aliphatic rings. The van der Waals surface area contributed by atoms with E-state index in [2.05, 4.69) is 33.0 Å². The Balaban J connectivity index is 0.00000124. The predicted molar refractivity (Wildman–Crippen MR) is 162 cm³/mol. The van der Waals surface area contributed by atoms with Crippen LogP contribution in [0.2, 0.25) is 5.02 Å². The van der Waals surface area contributed by atoms with E-state index in [1.54, 1.807) is 24.3 Å². The number of nitrogens with zero attached hydrogens (tertiary/aromatic N) is 3. The molecule has 2 heterocycles. The second kappa shape index (κ2) is 13.2. The van der Waals surface area contributed by atoms with Gasteiger partial charge in [0.15, 0.2) is 0 Å². The van der Waals surface area contributed by atoms with E-state index in [0.717, 1.165) is 65.4 Å². The van der Waals surface area contributed by atoms with Gasteiger partial charge in [-0.3, -0.25) is 14.5 Å². The van der Waals surface area contributed by atoms with Crippen molar-refractivity contribution in [3.8, 4) is 11.3 Å². The van der Waals surface area contributed by atoms with Gasteiger partial charge < -0.3 is 16.2 Å². The number of hydrogen-bond donors (Lipinski definition) is 4. The van der Waals surface area contributed by atoms with E-state index >= 15 is 0 Å². The van der Waals surface area contributed by atoms with Crippen molar-refractivity contribution in [2.75, 3.05) is 10.0 Å². The summed E-state index contributed by atoms with van der Waals surface area (Å²) in [7, 11) is -3.85. The standard InChI is InChI=1S/C28H31ClN6O2S.CH2O2/c1-3-18-13-19(14-20-15-32-28(34-27(18)20)33-22-10-8-21(30)9-11-22)26-17(2)12-23(16-31-26)35-38(36,37)25-7-5-4-6-24(25)29;2-1-3/h4-7,12-16,21-22,35H,3,8-11,30H2,1-2H3,(H,32,33,34);1H,(H,2,3). The number of hydrogen-bond acceptors (Lipinski definition) is 8. The first-order valence-electron chi connectivity index (χ1n) is 13.3. The zero-order valence-electron chi connectivity index (χ0n) is 22.8. The molecule has 0 spiro atoms. The molecule has 0 radical (unpaired) electrons. The Morgan fingerprint density at radius 2 is 1.80 bits per heavy atom. The number of aromatic nitrogens is 3. The molecule has 5 rings (SSSR count). The van der Waals surface area contributed by atoms with Crippen molar-refractivity contribution in [1.29, 1.82) is 0 Å². The first-order valence-corrected chi connectivity index (χ1v) is 15.1. The molecule has 1 aliphatic carbocycles. The fraction of sp³-hybridized carbons (Fsp3) is 0.310. The summed E-state index contributed by atoms with van der Waals surface area (Å²) in [6, 6.07) is 12.9. The predicted octanol–water partition coefficient (Wildman–Crippen LogP) is 5.40. The van der Waals surface area contributed by atoms with E-state index in [4.69, 9.17) is 32.2 Å². The van der Waals surface area contributed by atoms with Gasteiger partial charge in [0.1, 0.15) is 4.90 Å². The van der Waals surface area contributed by atoms with Crippen molar-refractivity contribution in [2.24, 2.45) is 5.73 Å². The van der Waals surface area contributed by atoms with Crippen molar-refractivity contribution in [3.05, 3.63) is 71.0 Å². The second-order valence-electron chi connectivity index (χ2n) is 9.91. The molecule has 2 aromatic carbocycles. The minimum Gasteiger partial charge on any atom is -0.483 e. The molecule has 0 aliphatic heterocycles. The lowest BCUT2D eigenvalue weighted by Crippen LogP contribution is -2.33. The lowest BCUT2D eigenvalue weighted by Gasteiger charge is -2.26. The van der Waals surface area contributed by atoms with Crippen LogP contribution in [-0.2, 0) is 21.2 Å². The summed E-state index contributed by atoms with van der Waals surface area (Å²) in [4.78, 5) is 22.4. The highest BCUT2D eigenvalue weighted by Crippen LogP contribution is 2.31. The van der Waals surface area contributed by atoms with Crippen LogP contribution in [0.15, 0.2) is 59.8 Å². The van der Waals surface area contributed by atoms with Gasteiger partial charge in [0.05, 0.1) is 28.1 Å². The number of carbonyl (C=O) groups is 1. The SMILES string of the molecule is CCc1cc(-c2ncc(NS(=O)(=O)c3ccccc3Cl)cc2C)cc2cnc(NC3CCC(N)CC3)nc12.O=CO. The number of halogens is 1. The summed E-state index contributed by atoms with van der Waals surface area (Å²) in [5.74, 6) is 0.643. The summed E-state index contributed by atoms with van der Waals surface area (Å²) in [6.45, 7) is 3.76. The monoisotopic (exact) mass is 596 g/mol. The van der Waals surface area contributed by atoms with Crippen LogP contribution in [-0.4, -0.2) is 47.0 Å². The van der Waals surface area contributed by atoms with Crippen LogP contribution in [0, 0.1) is 6.92 Å². The second-order valence-corrected chi connectivity index (χ2v) is 12.0. The number of sulfonamides is 1. The Bertz CT molecular complexity index is 1640. The fourth-order valence-corrected chi connectivity index (χ4v) is 6.50. The molecule has 12 heteroatoms. The van der Waals surface area contributed by atoms with Gasteiger partial charge in [-0.05, 0) is 80.5 Å². The number of rotatable bonds is 7. The van der Waals surface area contributed by atoms with Gasteiger partial charge in [-0.25, -0.2) is 18.4 Å². The minimum absolute atomic E-state index is 0.0198. The van der Waals surface area contributed by atoms with E-state index in [-0.39, 0.29) is 16.4 Å². The van der Waals surface area contributed by atoms with Gasteiger partial charge >= 0.3 is 0 Å². The number of carboxylic acid groups (broad SMARTS) is 1. The maximum Gasteiger partial charge on any atom is 0.290 e. The Labute approximate surface area is 244 Å². The minimum atomic E-state index is -3.85. The van der Waals surface area contributed by atoms with Crippen LogP contribution >= 0.6 is 11.6 Å². The van der Waals surface area contributed by atoms with Crippen molar-refractivity contribution in [1.82, 2.24) is 15.0 Å². The van der Waals surface area contributed by atoms with Crippen molar-refractivity contribution in [2.45, 2.75) is 62.9 Å². The zero-order valence-corrected chi connectivity index (χ0v) is 24.4. The third-order valence-corrected chi connectivity index (χ3v) is 8.86. The van der Waals surface area contributed by atoms with Gasteiger partial charge in [0.2, 0.25) is 5.95 Å². The lowest BCUT2D eigenvalue weighted by atomic mass is 9.92. The van der Waals surface area contributed by atoms with Gasteiger partial charge in [-0.1, -0.05) is 30.7 Å². The van der Waals surface area contributed by atoms with E-state index in [1.807, 2.05) is 19.2 Å². The Kier molecular flexibility index (Phi) is 9.74. The molecule has 1 fully saturated rings. The van der Waals surface area contributed by atoms with Crippen LogP contribution < -0.4 is 15.8 Å². The summed E-state index contributed by atoms with van der Waals surface area (Å²) in [6.07, 6.45) is 8.25. The van der Waals surface area contributed by atoms with Gasteiger partial charge in [0.25, 0.3) is 16.5 Å². The molecule has 1 saturated carbocycles. The molecule has 4 aromatic rings. The van der Waals surface area contributed by atoms with E-state index < -0.39 is 10.0 Å². The van der Waals surface area contributed by atoms with E-state index in [1.165, 1.54) is 12.3 Å². The molecular formula is C29H33ClN6O4S. The molecule has 5 N–H and O–H groups in total. The zero-order chi connectivity index (χ0) is 29.6. The van der Waals surface area contributed by atoms with Gasteiger partial charge in [-0.2, -0.15) is 0 Å². The van der Waals surface area contributed by atoms with Crippen molar-refractivity contribution >= 4 is 50.6 Å². The average molecular weight is 597 g/mol. The largest absolute Gasteiger partial charge is 0.483 e. The number of pyridine rings is 1. The number of nitrogens with one attached hydrogen (secondary N) is 2. The highest BCUT2D eigenvalue weighted by atomic mass is 35.5. The molecule has 0 saturated heterocycles. The summed E-state index contributed by atoms with van der Waals surface area (Å²) >= 11 is 6.10. The normalized spacial score (nSPS) is 16.9. The van der Waals surface area contributed by atoms with Gasteiger partial charge in [-0.15, -0.1) is 0 Å². The topological polar surface area (TPSA) is 160 Å². The van der Waals surface area contributed by atoms with Crippen molar-refractivity contribution < 1.29 is 18.3 Å². The Hall–Kier alpha value is -3.80. The average Bonchev–Trinajstić information content (AvgIpc) is 2.94. The first-order chi connectivity index (χ1) is 19.6. The molecule has 2 aromatic heterocycles. The first kappa shape index (κ1) is 30.2. The number of nitrogens with two attached hydrogens (primary N) is 1. The Morgan fingerprint density at radius 3 is 2.46 bits per heavy atom. The molecule has 41 heavy (non-hydrogen) atoms. The molecule has 216 valence electrons. The highest BCUT2D eigenvalue weighted by Gasteiger charge is 2.20. The fourth-order valence-electron chi connectivity index (χ4n) is 4.95. The highest BCUT2D eigenvalue weighted by molar-refractivity contribution is 7.92. The number of anilines is 2. The van der Waals surface area contributed by atoms with Crippen LogP contribution in [0.4, 0.5) is 11.6 Å². The van der Waals surface area contributed by atoms with Crippen LogP contribution in [0.25, 0.3) is 22.2 Å². The van der Waals surface area contributed by atoms with Crippen LogP contribution in [0.5, 0.6) is 0 Å². The number of benzene rings is 2. The summed E-state index contributed by atoms with van der Waals surface area (Å²) in [5.41, 5.74) is 11.0. The molecule has 0 bridgehead atoms. The van der Waals surface area contributed by atoms with Gasteiger partial charge in [0, 0.05) is 29.2 Å². The van der Waals surface area contributed by atoms with Crippen molar-refractivity contribution in [3.63, 3.8) is 0 Å². The molecule has 10 nitrogen and oxygen atoms in total. The Morgan fingerprint density at radius 1 is 1.10 bits per heavy atom. The number of aryl methyl sites for hydroxylation is 2. The molecule has 0 atom stereocenters. The molecule has 0 amide bonds. The maximum atomic E-state index is 12.8. The van der Waals surface area contributed by atoms with Crippen LogP contribution in [0.1, 0.15) is 43.7 Å². The number of fused-ring (bicyclic) bond motifs is 1. The molecular weight excluding hydrogens is 564 g/mol. The maximum absolute atomic E-state index is 12.8. The quantitative estimate of drug-likeness (QED) is 0.205. The summed E-state index contributed by atoms with van der Waals surface area (Å²) < 4.78 is 28.3.